The van der Waals surface area contributed by atoms with Crippen molar-refractivity contribution < 1.29 is 26.3 Å². The molecular formula is C42H28N4O. The first-order chi connectivity index (χ1) is 29.7. The van der Waals surface area contributed by atoms with E-state index in [1.165, 1.54) is 0 Å². The van der Waals surface area contributed by atoms with Gasteiger partial charge in [-0.25, -0.2) is 4.98 Å². The van der Waals surface area contributed by atoms with E-state index in [9.17, 15) is 5.48 Å². The summed E-state index contributed by atoms with van der Waals surface area (Å²) in [6.07, 6.45) is 0. The summed E-state index contributed by atoms with van der Waals surface area (Å²) in [4.78, 5) is 14.4. The Hall–Kier alpha value is -6.07. The SMILES string of the molecule is [2H]c1c([2H])c([2H])c2c(c1[2H])-c1c([2H])c([2H])c3c4c([2H])c([2H])c([2H])c([2H])c4n(-c4nc(-c5ccccc5)nc(-c5ccc6c(c5)oc5ccccc56)n4)c3c1C2(C([2H])([2H])[2H])C([2H])([2H])[2H]. The van der Waals surface area contributed by atoms with Crippen LogP contribution >= 0.6 is 0 Å². The Morgan fingerprint density at radius 2 is 1.40 bits per heavy atom. The lowest BCUT2D eigenvalue weighted by Gasteiger charge is -2.23. The van der Waals surface area contributed by atoms with Crippen LogP contribution in [0.2, 0.25) is 0 Å². The maximum absolute atomic E-state index is 9.49. The summed E-state index contributed by atoms with van der Waals surface area (Å²) in [5, 5.41) is 0.802. The van der Waals surface area contributed by atoms with Crippen LogP contribution in [0.4, 0.5) is 0 Å². The van der Waals surface area contributed by atoms with Crippen LogP contribution in [0.3, 0.4) is 0 Å². The van der Waals surface area contributed by atoms with Crippen LogP contribution in [0.1, 0.15) is 46.8 Å². The molecule has 0 radical (unpaired) electrons. The number of furan rings is 1. The van der Waals surface area contributed by atoms with E-state index in [1.54, 1.807) is 42.5 Å². The molecule has 0 bridgehead atoms. The number of rotatable bonds is 3. The van der Waals surface area contributed by atoms with Gasteiger partial charge in [0.05, 0.1) is 24.7 Å². The average molecular weight is 621 g/mol. The molecule has 0 saturated carbocycles. The van der Waals surface area contributed by atoms with Crippen LogP contribution in [0, 0.1) is 0 Å². The molecule has 10 rings (SSSR count). The molecule has 0 unspecified atom stereocenters. The molecule has 222 valence electrons. The van der Waals surface area contributed by atoms with Gasteiger partial charge < -0.3 is 4.42 Å². The van der Waals surface area contributed by atoms with Gasteiger partial charge in [-0.1, -0.05) is 123 Å². The molecule has 0 aliphatic heterocycles. The van der Waals surface area contributed by atoms with Crippen molar-refractivity contribution in [2.45, 2.75) is 19.1 Å². The fourth-order valence-corrected chi connectivity index (χ4v) is 6.49. The molecule has 5 heteroatoms. The molecule has 3 heterocycles. The van der Waals surface area contributed by atoms with E-state index in [1.807, 2.05) is 30.3 Å². The van der Waals surface area contributed by atoms with Crippen molar-refractivity contribution in [1.82, 2.24) is 19.5 Å². The molecule has 0 amide bonds. The lowest BCUT2D eigenvalue weighted by atomic mass is 9.81. The van der Waals surface area contributed by atoms with Crippen LogP contribution in [0.25, 0.3) is 83.6 Å². The van der Waals surface area contributed by atoms with Crippen LogP contribution in [0.15, 0.2) is 138 Å². The van der Waals surface area contributed by atoms with Crippen molar-refractivity contribution in [2.75, 3.05) is 0 Å². The molecule has 0 N–H and O–H groups in total. The highest BCUT2D eigenvalue weighted by molar-refractivity contribution is 6.13. The lowest BCUT2D eigenvalue weighted by Crippen LogP contribution is -2.17. The highest BCUT2D eigenvalue weighted by atomic mass is 16.3. The van der Waals surface area contributed by atoms with E-state index in [-0.39, 0.29) is 17.0 Å². The van der Waals surface area contributed by atoms with E-state index < -0.39 is 124 Å². The highest BCUT2D eigenvalue weighted by Gasteiger charge is 2.38. The van der Waals surface area contributed by atoms with Gasteiger partial charge in [0.2, 0.25) is 5.95 Å². The van der Waals surface area contributed by atoms with Crippen molar-refractivity contribution in [1.29, 1.82) is 0 Å². The van der Waals surface area contributed by atoms with Crippen LogP contribution in [-0.4, -0.2) is 19.5 Å². The predicted octanol–water partition coefficient (Wildman–Crippen LogP) is 10.5. The largest absolute Gasteiger partial charge is 0.456 e. The molecule has 0 fully saturated rings. The fraction of sp³-hybridized carbons (Fsp3) is 0.0714. The van der Waals surface area contributed by atoms with Gasteiger partial charge >= 0.3 is 0 Å². The molecule has 9 aromatic rings. The topological polar surface area (TPSA) is 56.7 Å². The average Bonchev–Trinajstić information content (AvgIpc) is 3.92. The molecule has 0 atom stereocenters. The molecule has 0 spiro atoms. The predicted molar refractivity (Wildman–Crippen MR) is 190 cm³/mol. The quantitative estimate of drug-likeness (QED) is 0.197. The first-order valence-corrected chi connectivity index (χ1v) is 14.6. The summed E-state index contributed by atoms with van der Waals surface area (Å²) >= 11 is 0. The third kappa shape index (κ3) is 3.68. The number of fused-ring (bicyclic) bond motifs is 10. The van der Waals surface area contributed by atoms with E-state index in [2.05, 4.69) is 0 Å². The van der Waals surface area contributed by atoms with E-state index >= 15 is 0 Å². The molecule has 5 nitrogen and oxygen atoms in total. The molecule has 0 saturated heterocycles. The maximum Gasteiger partial charge on any atom is 0.238 e. The zero-order chi connectivity index (χ0) is 45.0. The summed E-state index contributed by atoms with van der Waals surface area (Å²) in [6, 6.07) is 13.2. The van der Waals surface area contributed by atoms with Crippen molar-refractivity contribution in [2.24, 2.45) is 0 Å². The Bertz CT molecular complexity index is 3490. The van der Waals surface area contributed by atoms with Gasteiger partial charge in [-0.15, -0.1) is 0 Å². The molecular weight excluding hydrogens is 576 g/mol. The normalized spacial score (nSPS) is 18.9. The van der Waals surface area contributed by atoms with Gasteiger partial charge in [-0.3, -0.25) is 4.57 Å². The van der Waals surface area contributed by atoms with Gasteiger partial charge in [0.15, 0.2) is 11.6 Å². The molecule has 1 aliphatic rings. The van der Waals surface area contributed by atoms with Crippen molar-refractivity contribution in [3.8, 4) is 39.9 Å². The number of aromatic nitrogens is 4. The van der Waals surface area contributed by atoms with Crippen LogP contribution in [-0.2, 0) is 5.41 Å². The maximum atomic E-state index is 9.49. The second-order valence-electron chi connectivity index (χ2n) is 11.2. The van der Waals surface area contributed by atoms with Gasteiger partial charge in [-0.2, -0.15) is 9.97 Å². The number of hydrogen-bond acceptors (Lipinski definition) is 4. The van der Waals surface area contributed by atoms with Gasteiger partial charge in [-0.05, 0) is 46.5 Å². The Kier molecular flexibility index (Phi) is 3.03. The Morgan fingerprint density at radius 3 is 2.30 bits per heavy atom. The summed E-state index contributed by atoms with van der Waals surface area (Å²) in [5.74, 6) is -0.386. The first kappa shape index (κ1) is 15.0. The minimum absolute atomic E-state index is 0.00215. The lowest BCUT2D eigenvalue weighted by molar-refractivity contribution is 0.663. The van der Waals surface area contributed by atoms with Crippen molar-refractivity contribution >= 4 is 43.7 Å². The smallest absolute Gasteiger partial charge is 0.238 e. The summed E-state index contributed by atoms with van der Waals surface area (Å²) in [6.45, 7) is -7.37. The third-order valence-corrected chi connectivity index (χ3v) is 8.58. The zero-order valence-electron chi connectivity index (χ0n) is 40.1. The van der Waals surface area contributed by atoms with Crippen molar-refractivity contribution in [3.05, 3.63) is 144 Å². The fourth-order valence-electron chi connectivity index (χ4n) is 6.49. The van der Waals surface area contributed by atoms with Gasteiger partial charge in [0.25, 0.3) is 0 Å². The number of benzene rings is 6. The highest BCUT2D eigenvalue weighted by Crippen LogP contribution is 2.52. The minimum atomic E-state index is -3.68. The first-order valence-electron chi connectivity index (χ1n) is 22.6. The standard InChI is InChI=1S/C42H28N4O/c1-42(2)33-17-9-6-14-27(33)31-22-23-32-28-15-7-10-18-34(28)46(38(32)37(31)42)41-44-39(25-12-4-3-5-13-25)43-40(45-41)26-20-21-30-29-16-8-11-19-35(29)47-36(30)24-26/h3-24H,1-2H3/i1D3,2D3,6D,7D,9D,10D,14D,15D,17D,18D,22D,23D. The molecule has 6 aromatic carbocycles. The van der Waals surface area contributed by atoms with Gasteiger partial charge in [0, 0.05) is 46.3 Å². The van der Waals surface area contributed by atoms with E-state index in [4.69, 9.17) is 35.8 Å². The number of nitrogens with zero attached hydrogens (tertiary/aromatic N) is 4. The number of hydrogen-bond donors (Lipinski definition) is 0. The Labute approximate surface area is 293 Å². The zero-order valence-corrected chi connectivity index (χ0v) is 24.1. The minimum Gasteiger partial charge on any atom is -0.456 e. The Morgan fingerprint density at radius 1 is 0.638 bits per heavy atom. The molecule has 47 heavy (non-hydrogen) atoms. The second kappa shape index (κ2) is 9.47. The molecule has 1 aliphatic carbocycles. The second-order valence-corrected chi connectivity index (χ2v) is 11.2. The van der Waals surface area contributed by atoms with E-state index in [0.717, 1.165) is 15.3 Å². The third-order valence-electron chi connectivity index (χ3n) is 8.58. The summed E-state index contributed by atoms with van der Waals surface area (Å²) in [5.41, 5.74) is -5.12. The number of para-hydroxylation sites is 2. The molecule has 3 aromatic heterocycles. The summed E-state index contributed by atoms with van der Waals surface area (Å²) < 4.78 is 152. The Balaban J connectivity index is 1.46. The van der Waals surface area contributed by atoms with E-state index in [0.29, 0.717) is 22.3 Å². The van der Waals surface area contributed by atoms with Crippen LogP contribution < -0.4 is 0 Å². The van der Waals surface area contributed by atoms with Gasteiger partial charge in [0.1, 0.15) is 11.2 Å². The monoisotopic (exact) mass is 620 g/mol. The van der Waals surface area contributed by atoms with Crippen LogP contribution in [0.5, 0.6) is 0 Å². The summed E-state index contributed by atoms with van der Waals surface area (Å²) in [7, 11) is 0. The van der Waals surface area contributed by atoms with Crippen molar-refractivity contribution in [3.63, 3.8) is 0 Å².